The van der Waals surface area contributed by atoms with E-state index in [0.29, 0.717) is 0 Å². The van der Waals surface area contributed by atoms with Gasteiger partial charge in [0, 0.05) is 5.41 Å². The van der Waals surface area contributed by atoms with Crippen molar-refractivity contribution < 1.29 is 4.74 Å². The van der Waals surface area contributed by atoms with Crippen LogP contribution in [-0.2, 0) is 4.74 Å². The molecular weight excluding hydrogens is 136 g/mol. The third-order valence-electron chi connectivity index (χ3n) is 1.35. The Morgan fingerprint density at radius 3 is 2.45 bits per heavy atom. The standard InChI is InChI=1S/C10H14O/c1-5-8-9(11-8)6-7-10(2,3)4/h5,8-9H,1H2,2-4H3/t8-,9+/m0/s1. The van der Waals surface area contributed by atoms with Crippen LogP contribution in [0, 0.1) is 17.3 Å². The topological polar surface area (TPSA) is 12.5 Å². The van der Waals surface area contributed by atoms with Gasteiger partial charge in [-0.05, 0) is 20.8 Å². The Bertz CT molecular complexity index is 211. The van der Waals surface area contributed by atoms with Crippen molar-refractivity contribution in [2.75, 3.05) is 0 Å². The average Bonchev–Trinajstić information content (AvgIpc) is 2.60. The van der Waals surface area contributed by atoms with Crippen LogP contribution < -0.4 is 0 Å². The summed E-state index contributed by atoms with van der Waals surface area (Å²) in [4.78, 5) is 0. The minimum Gasteiger partial charge on any atom is -0.351 e. The van der Waals surface area contributed by atoms with Crippen molar-refractivity contribution in [2.24, 2.45) is 5.41 Å². The minimum atomic E-state index is 0.0810. The van der Waals surface area contributed by atoms with Crippen LogP contribution in [0.2, 0.25) is 0 Å². The van der Waals surface area contributed by atoms with Crippen LogP contribution in [0.5, 0.6) is 0 Å². The third kappa shape index (κ3) is 2.78. The van der Waals surface area contributed by atoms with Gasteiger partial charge in [-0.15, -0.1) is 6.58 Å². The molecule has 0 spiro atoms. The van der Waals surface area contributed by atoms with Crippen molar-refractivity contribution in [3.8, 4) is 11.8 Å². The summed E-state index contributed by atoms with van der Waals surface area (Å²) in [5.41, 5.74) is 0.0810. The summed E-state index contributed by atoms with van der Waals surface area (Å²) in [6, 6.07) is 0. The van der Waals surface area contributed by atoms with E-state index in [2.05, 4.69) is 39.2 Å². The van der Waals surface area contributed by atoms with Gasteiger partial charge in [0.1, 0.15) is 12.2 Å². The number of hydrogen-bond donors (Lipinski definition) is 0. The van der Waals surface area contributed by atoms with Gasteiger partial charge in [-0.3, -0.25) is 0 Å². The monoisotopic (exact) mass is 150 g/mol. The molecule has 0 saturated carbocycles. The van der Waals surface area contributed by atoms with E-state index in [-0.39, 0.29) is 17.6 Å². The molecule has 1 nitrogen and oxygen atoms in total. The molecule has 1 aliphatic rings. The van der Waals surface area contributed by atoms with Crippen LogP contribution >= 0.6 is 0 Å². The quantitative estimate of drug-likeness (QED) is 0.316. The molecule has 2 atom stereocenters. The molecule has 0 amide bonds. The summed E-state index contributed by atoms with van der Waals surface area (Å²) in [6.45, 7) is 9.89. The summed E-state index contributed by atoms with van der Waals surface area (Å²) in [5.74, 6) is 6.18. The fourth-order valence-electron chi connectivity index (χ4n) is 0.707. The first kappa shape index (κ1) is 8.36. The molecule has 1 aliphatic heterocycles. The Balaban J connectivity index is 2.42. The van der Waals surface area contributed by atoms with Crippen LogP contribution in [-0.4, -0.2) is 12.2 Å². The van der Waals surface area contributed by atoms with Gasteiger partial charge >= 0.3 is 0 Å². The van der Waals surface area contributed by atoms with E-state index >= 15 is 0 Å². The van der Waals surface area contributed by atoms with Crippen LogP contribution in [0.4, 0.5) is 0 Å². The lowest BCUT2D eigenvalue weighted by Gasteiger charge is -2.06. The number of hydrogen-bond acceptors (Lipinski definition) is 1. The van der Waals surface area contributed by atoms with Crippen LogP contribution in [0.25, 0.3) is 0 Å². The van der Waals surface area contributed by atoms with Gasteiger partial charge in [-0.1, -0.05) is 17.9 Å². The van der Waals surface area contributed by atoms with E-state index < -0.39 is 0 Å². The van der Waals surface area contributed by atoms with Crippen molar-refractivity contribution in [1.29, 1.82) is 0 Å². The molecule has 0 bridgehead atoms. The highest BCUT2D eigenvalue weighted by atomic mass is 16.6. The zero-order valence-corrected chi connectivity index (χ0v) is 7.35. The Hall–Kier alpha value is -0.740. The first-order chi connectivity index (χ1) is 5.03. The molecule has 0 aromatic heterocycles. The van der Waals surface area contributed by atoms with Gasteiger partial charge in [0.2, 0.25) is 0 Å². The second-order valence-electron chi connectivity index (χ2n) is 3.78. The molecule has 0 N–H and O–H groups in total. The van der Waals surface area contributed by atoms with Crippen molar-refractivity contribution in [1.82, 2.24) is 0 Å². The Morgan fingerprint density at radius 2 is 2.09 bits per heavy atom. The van der Waals surface area contributed by atoms with Gasteiger partial charge < -0.3 is 4.74 Å². The first-order valence-corrected chi connectivity index (χ1v) is 3.83. The highest BCUT2D eigenvalue weighted by Crippen LogP contribution is 2.22. The minimum absolute atomic E-state index is 0.0810. The Morgan fingerprint density at radius 1 is 1.45 bits per heavy atom. The highest BCUT2D eigenvalue weighted by molar-refractivity contribution is 5.20. The smallest absolute Gasteiger partial charge is 0.148 e. The summed E-state index contributed by atoms with van der Waals surface area (Å²) in [5, 5.41) is 0. The van der Waals surface area contributed by atoms with Crippen molar-refractivity contribution in [3.05, 3.63) is 12.7 Å². The Kier molecular flexibility index (Phi) is 2.06. The predicted octanol–water partition coefficient (Wildman–Crippen LogP) is 1.99. The molecule has 1 heterocycles. The molecule has 1 heteroatoms. The van der Waals surface area contributed by atoms with Crippen molar-refractivity contribution >= 4 is 0 Å². The van der Waals surface area contributed by atoms with Gasteiger partial charge in [0.25, 0.3) is 0 Å². The van der Waals surface area contributed by atoms with Gasteiger partial charge in [-0.2, -0.15) is 0 Å². The van der Waals surface area contributed by atoms with E-state index in [1.165, 1.54) is 0 Å². The summed E-state index contributed by atoms with van der Waals surface area (Å²) < 4.78 is 5.17. The lowest BCUT2D eigenvalue weighted by molar-refractivity contribution is 0.417. The van der Waals surface area contributed by atoms with Crippen molar-refractivity contribution in [2.45, 2.75) is 33.0 Å². The van der Waals surface area contributed by atoms with Crippen LogP contribution in [0.3, 0.4) is 0 Å². The van der Waals surface area contributed by atoms with Gasteiger partial charge in [0.05, 0.1) is 0 Å². The summed E-state index contributed by atoms with van der Waals surface area (Å²) in [6.07, 6.45) is 2.10. The molecule has 1 fully saturated rings. The zero-order valence-electron chi connectivity index (χ0n) is 7.35. The summed E-state index contributed by atoms with van der Waals surface area (Å²) >= 11 is 0. The average molecular weight is 150 g/mol. The Labute approximate surface area is 68.4 Å². The fourth-order valence-corrected chi connectivity index (χ4v) is 0.707. The lowest BCUT2D eigenvalue weighted by atomic mass is 9.98. The molecule has 1 rings (SSSR count). The molecule has 1 saturated heterocycles. The zero-order chi connectivity index (χ0) is 8.48. The maximum atomic E-state index is 5.17. The third-order valence-corrected chi connectivity index (χ3v) is 1.35. The second kappa shape index (κ2) is 2.71. The van der Waals surface area contributed by atoms with Crippen molar-refractivity contribution in [3.63, 3.8) is 0 Å². The van der Waals surface area contributed by atoms with E-state index in [9.17, 15) is 0 Å². The fraction of sp³-hybridized carbons (Fsp3) is 0.600. The van der Waals surface area contributed by atoms with E-state index in [1.54, 1.807) is 6.08 Å². The van der Waals surface area contributed by atoms with Gasteiger partial charge in [0.15, 0.2) is 0 Å². The molecule has 11 heavy (non-hydrogen) atoms. The highest BCUT2D eigenvalue weighted by Gasteiger charge is 2.34. The number of rotatable bonds is 1. The maximum absolute atomic E-state index is 5.17. The SMILES string of the molecule is C=C[C@@H]1O[C@@H]1C#CC(C)(C)C. The largest absolute Gasteiger partial charge is 0.351 e. The normalized spacial score (nSPS) is 28.6. The van der Waals surface area contributed by atoms with Crippen LogP contribution in [0.15, 0.2) is 12.7 Å². The van der Waals surface area contributed by atoms with E-state index in [0.717, 1.165) is 0 Å². The van der Waals surface area contributed by atoms with E-state index in [1.807, 2.05) is 0 Å². The number of epoxide rings is 1. The molecule has 0 unspecified atom stereocenters. The van der Waals surface area contributed by atoms with Gasteiger partial charge in [-0.25, -0.2) is 0 Å². The molecule has 0 aromatic rings. The lowest BCUT2D eigenvalue weighted by Crippen LogP contribution is -2.00. The van der Waals surface area contributed by atoms with E-state index in [4.69, 9.17) is 4.74 Å². The van der Waals surface area contributed by atoms with Crippen LogP contribution in [0.1, 0.15) is 20.8 Å². The molecule has 0 aliphatic carbocycles. The molecule has 0 radical (unpaired) electrons. The number of ether oxygens (including phenoxy) is 1. The maximum Gasteiger partial charge on any atom is 0.148 e. The molecular formula is C10H14O. The predicted molar refractivity (Wildman–Crippen MR) is 46.1 cm³/mol. The summed E-state index contributed by atoms with van der Waals surface area (Å²) in [7, 11) is 0. The molecule has 0 aromatic carbocycles. The first-order valence-electron chi connectivity index (χ1n) is 3.83. The second-order valence-corrected chi connectivity index (χ2v) is 3.78. The molecule has 60 valence electrons.